The van der Waals surface area contributed by atoms with Crippen molar-refractivity contribution in [1.82, 2.24) is 0 Å². The second kappa shape index (κ2) is 7.11. The molecule has 6 nitrogen and oxygen atoms in total. The van der Waals surface area contributed by atoms with Gasteiger partial charge in [-0.2, -0.15) is 20.2 Å². The summed E-state index contributed by atoms with van der Waals surface area (Å²) in [4.78, 5) is 28.4. The molecule has 1 fully saturated rings. The van der Waals surface area contributed by atoms with Gasteiger partial charge in [0.15, 0.2) is 0 Å². The van der Waals surface area contributed by atoms with Crippen LogP contribution < -0.4 is 10.0 Å². The van der Waals surface area contributed by atoms with Crippen molar-refractivity contribution in [2.45, 2.75) is 19.8 Å². The molecule has 0 unspecified atom stereocenters. The molecule has 2 spiro atoms. The normalized spacial score (nSPS) is 27.6. The summed E-state index contributed by atoms with van der Waals surface area (Å²) in [5.41, 5.74) is 1.12. The molecule has 0 radical (unpaired) electrons. The SMILES string of the molecule is CC1=NN(c2ccccc2)C(=O)[C@@]12C(c1ccc(Cl)cc1)[C@@]21C(=O)N(c2ccccc2)N=C1C. The van der Waals surface area contributed by atoms with Gasteiger partial charge in [-0.15, -0.1) is 0 Å². The molecule has 7 heteroatoms. The Morgan fingerprint density at radius 1 is 0.676 bits per heavy atom. The zero-order valence-corrected chi connectivity index (χ0v) is 19.4. The second-order valence-electron chi connectivity index (χ2n) is 8.88. The highest BCUT2D eigenvalue weighted by atomic mass is 35.5. The third kappa shape index (κ3) is 2.41. The van der Waals surface area contributed by atoms with Gasteiger partial charge in [0, 0.05) is 10.9 Å². The first kappa shape index (κ1) is 20.8. The Hall–Kier alpha value is -3.77. The predicted molar refractivity (Wildman–Crippen MR) is 133 cm³/mol. The lowest BCUT2D eigenvalue weighted by molar-refractivity contribution is -0.126. The van der Waals surface area contributed by atoms with Crippen molar-refractivity contribution in [3.63, 3.8) is 0 Å². The van der Waals surface area contributed by atoms with E-state index in [4.69, 9.17) is 11.6 Å². The molecule has 2 atom stereocenters. The van der Waals surface area contributed by atoms with Crippen molar-refractivity contribution in [3.8, 4) is 0 Å². The van der Waals surface area contributed by atoms with Gasteiger partial charge in [0.05, 0.1) is 22.8 Å². The van der Waals surface area contributed by atoms with Crippen LogP contribution >= 0.6 is 11.6 Å². The maximum atomic E-state index is 14.2. The summed E-state index contributed by atoms with van der Waals surface area (Å²) in [6.45, 7) is 3.68. The monoisotopic (exact) mass is 468 g/mol. The Labute approximate surface area is 202 Å². The topological polar surface area (TPSA) is 65.3 Å². The predicted octanol–water partition coefficient (Wildman–Crippen LogP) is 5.26. The molecule has 1 aliphatic carbocycles. The molecule has 6 rings (SSSR count). The number of hydrazone groups is 2. The van der Waals surface area contributed by atoms with Gasteiger partial charge in [-0.25, -0.2) is 0 Å². The van der Waals surface area contributed by atoms with Gasteiger partial charge < -0.3 is 0 Å². The molecule has 0 N–H and O–H groups in total. The molecule has 3 aliphatic rings. The number of para-hydroxylation sites is 2. The molecular formula is C27H21ClN4O2. The third-order valence-corrected chi connectivity index (χ3v) is 7.56. The smallest absolute Gasteiger partial charge is 0.261 e. The number of nitrogens with zero attached hydrogens (tertiary/aromatic N) is 4. The van der Waals surface area contributed by atoms with Crippen LogP contribution in [0, 0.1) is 10.8 Å². The van der Waals surface area contributed by atoms with Gasteiger partial charge >= 0.3 is 0 Å². The number of fused-ring (bicyclic) bond motifs is 1. The van der Waals surface area contributed by atoms with E-state index in [-0.39, 0.29) is 11.8 Å². The van der Waals surface area contributed by atoms with Crippen LogP contribution in [0.1, 0.15) is 25.3 Å². The van der Waals surface area contributed by atoms with Crippen molar-refractivity contribution in [3.05, 3.63) is 95.5 Å². The zero-order valence-electron chi connectivity index (χ0n) is 18.6. The van der Waals surface area contributed by atoms with Crippen molar-refractivity contribution < 1.29 is 9.59 Å². The van der Waals surface area contributed by atoms with Crippen LogP contribution in [0.4, 0.5) is 11.4 Å². The number of carbonyl (C=O) groups is 2. The van der Waals surface area contributed by atoms with Crippen molar-refractivity contribution in [1.29, 1.82) is 0 Å². The van der Waals surface area contributed by atoms with Gasteiger partial charge in [-0.05, 0) is 55.8 Å². The Kier molecular flexibility index (Phi) is 4.35. The average molecular weight is 469 g/mol. The first-order chi connectivity index (χ1) is 16.4. The number of amides is 2. The molecule has 1 saturated carbocycles. The minimum Gasteiger partial charge on any atom is -0.271 e. The summed E-state index contributed by atoms with van der Waals surface area (Å²) in [6.07, 6.45) is 0. The molecule has 2 aliphatic heterocycles. The highest BCUT2D eigenvalue weighted by Gasteiger charge is 2.91. The highest BCUT2D eigenvalue weighted by Crippen LogP contribution is 2.79. The Morgan fingerprint density at radius 3 is 1.50 bits per heavy atom. The fraction of sp³-hybridized carbons (Fsp3) is 0.185. The lowest BCUT2D eigenvalue weighted by Gasteiger charge is -2.18. The highest BCUT2D eigenvalue weighted by molar-refractivity contribution is 6.37. The number of carbonyl (C=O) groups excluding carboxylic acids is 2. The molecule has 3 aromatic rings. The van der Waals surface area contributed by atoms with E-state index >= 15 is 0 Å². The molecule has 0 bridgehead atoms. The molecule has 0 aromatic heterocycles. The van der Waals surface area contributed by atoms with E-state index < -0.39 is 16.7 Å². The maximum Gasteiger partial charge on any atom is 0.261 e. The number of rotatable bonds is 3. The number of hydrogen-bond acceptors (Lipinski definition) is 4. The summed E-state index contributed by atoms with van der Waals surface area (Å²) in [5.74, 6) is -0.866. The Morgan fingerprint density at radius 2 is 1.09 bits per heavy atom. The van der Waals surface area contributed by atoms with E-state index in [0.717, 1.165) is 5.56 Å². The van der Waals surface area contributed by atoms with Crippen LogP contribution in [0.3, 0.4) is 0 Å². The van der Waals surface area contributed by atoms with Crippen molar-refractivity contribution in [2.24, 2.45) is 21.0 Å². The Balaban J connectivity index is 1.53. The van der Waals surface area contributed by atoms with E-state index in [1.807, 2.05) is 86.6 Å². The lowest BCUT2D eigenvalue weighted by atomic mass is 9.85. The quantitative estimate of drug-likeness (QED) is 0.526. The minimum atomic E-state index is -1.15. The van der Waals surface area contributed by atoms with Crippen LogP contribution in [0.25, 0.3) is 0 Å². The van der Waals surface area contributed by atoms with Crippen LogP contribution in [-0.4, -0.2) is 23.2 Å². The van der Waals surface area contributed by atoms with E-state index in [9.17, 15) is 9.59 Å². The summed E-state index contributed by atoms with van der Waals surface area (Å²) < 4.78 is 0. The number of hydrogen-bond donors (Lipinski definition) is 0. The fourth-order valence-corrected chi connectivity index (χ4v) is 6.01. The first-order valence-electron chi connectivity index (χ1n) is 11.1. The molecule has 2 amide bonds. The minimum absolute atomic E-state index is 0.214. The van der Waals surface area contributed by atoms with E-state index in [0.29, 0.717) is 27.8 Å². The molecular weight excluding hydrogens is 448 g/mol. The molecule has 168 valence electrons. The standard InChI is InChI=1S/C27H21ClN4O2/c1-17-26(24(33)31(29-17)21-9-5-3-6-10-21)23(19-13-15-20(28)16-14-19)27(26)18(2)30-32(25(27)34)22-11-7-4-8-12-22/h3-16,23H,1-2H3/t26-,27-/m0/s1. The van der Waals surface area contributed by atoms with Crippen LogP contribution in [0.2, 0.25) is 5.02 Å². The maximum absolute atomic E-state index is 14.2. The van der Waals surface area contributed by atoms with E-state index in [2.05, 4.69) is 10.2 Å². The van der Waals surface area contributed by atoms with Gasteiger partial charge in [-0.3, -0.25) is 9.59 Å². The van der Waals surface area contributed by atoms with E-state index in [1.54, 1.807) is 12.1 Å². The lowest BCUT2D eigenvalue weighted by Crippen LogP contribution is -2.40. The Bertz CT molecular complexity index is 1300. The van der Waals surface area contributed by atoms with Crippen LogP contribution in [-0.2, 0) is 9.59 Å². The number of anilines is 2. The summed E-state index contributed by atoms with van der Waals surface area (Å²) in [6, 6.07) is 26.0. The molecule has 0 saturated heterocycles. The molecule has 3 aromatic carbocycles. The average Bonchev–Trinajstić information content (AvgIpc) is 3.34. The van der Waals surface area contributed by atoms with Gasteiger partial charge in [0.25, 0.3) is 11.8 Å². The number of halogens is 1. The summed E-state index contributed by atoms with van der Waals surface area (Å²) in [5, 5.41) is 12.8. The third-order valence-electron chi connectivity index (χ3n) is 7.31. The van der Waals surface area contributed by atoms with Gasteiger partial charge in [0.1, 0.15) is 10.8 Å². The van der Waals surface area contributed by atoms with Crippen molar-refractivity contribution >= 4 is 46.2 Å². The molecule has 2 heterocycles. The molecule has 34 heavy (non-hydrogen) atoms. The zero-order chi connectivity index (χ0) is 23.7. The van der Waals surface area contributed by atoms with Crippen LogP contribution in [0.5, 0.6) is 0 Å². The summed E-state index contributed by atoms with van der Waals surface area (Å²) in [7, 11) is 0. The first-order valence-corrected chi connectivity index (χ1v) is 11.5. The number of benzene rings is 3. The van der Waals surface area contributed by atoms with E-state index in [1.165, 1.54) is 10.0 Å². The fourth-order valence-electron chi connectivity index (χ4n) is 5.88. The summed E-state index contributed by atoms with van der Waals surface area (Å²) >= 11 is 6.16. The largest absolute Gasteiger partial charge is 0.271 e. The van der Waals surface area contributed by atoms with Gasteiger partial charge in [-0.1, -0.05) is 60.1 Å². The second-order valence-corrected chi connectivity index (χ2v) is 9.31. The van der Waals surface area contributed by atoms with Gasteiger partial charge in [0.2, 0.25) is 0 Å². The van der Waals surface area contributed by atoms with Crippen LogP contribution in [0.15, 0.2) is 95.1 Å². The van der Waals surface area contributed by atoms with Crippen molar-refractivity contribution in [2.75, 3.05) is 10.0 Å².